The maximum absolute atomic E-state index is 11.5. The van der Waals surface area contributed by atoms with Gasteiger partial charge >= 0.3 is 7.82 Å². The number of hydrogen-bond donors (Lipinski definition) is 2. The largest absolute Gasteiger partial charge is 1.00 e. The third-order valence-electron chi connectivity index (χ3n) is 2.45. The van der Waals surface area contributed by atoms with Crippen LogP contribution in [0.15, 0.2) is 0 Å². The Kier molecular flexibility index (Phi) is 11.8. The van der Waals surface area contributed by atoms with E-state index in [0.717, 1.165) is 6.42 Å². The van der Waals surface area contributed by atoms with Crippen molar-refractivity contribution in [2.75, 3.05) is 40.9 Å². The zero-order chi connectivity index (χ0) is 15.9. The molecule has 2 N–H and O–H groups in total. The van der Waals surface area contributed by atoms with Gasteiger partial charge in [-0.05, 0) is 38.5 Å². The number of phosphoric ester groups is 1. The van der Waals surface area contributed by atoms with Gasteiger partial charge in [-0.25, -0.2) is 14.3 Å². The number of rotatable bonds is 11. The van der Waals surface area contributed by atoms with Gasteiger partial charge in [0, 0.05) is 5.54 Å². The van der Waals surface area contributed by atoms with E-state index in [0.29, 0.717) is 17.4 Å². The number of nitrogens with one attached hydrogen (secondary N) is 1. The summed E-state index contributed by atoms with van der Waals surface area (Å²) >= 11 is 5.54. The smallest absolute Gasteiger partial charge is 0.499 e. The van der Waals surface area contributed by atoms with Gasteiger partial charge in [-0.2, -0.15) is 0 Å². The Morgan fingerprint density at radius 2 is 1.86 bits per heavy atom. The minimum absolute atomic E-state index is 0. The van der Waals surface area contributed by atoms with E-state index in [2.05, 4.69) is 9.51 Å². The fraction of sp³-hybridized carbons (Fsp3) is 1.00. The average Bonchev–Trinajstić information content (AvgIpc) is 2.26. The number of likely N-dealkylation sites (N-methyl/N-ethyl adjacent to an activating group) is 1. The summed E-state index contributed by atoms with van der Waals surface area (Å²) < 4.78 is 21.3. The molecule has 0 aliphatic carbocycles. The van der Waals surface area contributed by atoms with Gasteiger partial charge < -0.3 is 21.8 Å². The summed E-state index contributed by atoms with van der Waals surface area (Å²) in [7, 11) is 1.72. The zero-order valence-electron chi connectivity index (χ0n) is 13.3. The first kappa shape index (κ1) is 23.8. The lowest BCUT2D eigenvalue weighted by molar-refractivity contribution is -0.870. The highest BCUT2D eigenvalue weighted by atomic mass is 35.5. The van der Waals surface area contributed by atoms with E-state index in [9.17, 15) is 9.46 Å². The van der Waals surface area contributed by atoms with Crippen LogP contribution in [-0.2, 0) is 18.7 Å². The third kappa shape index (κ3) is 15.2. The van der Waals surface area contributed by atoms with Crippen LogP contribution in [0, 0.1) is 0 Å². The van der Waals surface area contributed by atoms with Gasteiger partial charge in [-0.3, -0.25) is 4.52 Å². The second-order valence-electron chi connectivity index (χ2n) is 6.29. The Hall–Kier alpha value is 0.570. The molecule has 0 aromatic rings. The van der Waals surface area contributed by atoms with E-state index in [1.165, 1.54) is 0 Å². The molecule has 0 fully saturated rings. The monoisotopic (exact) mass is 368 g/mol. The van der Waals surface area contributed by atoms with Crippen LogP contribution in [0.1, 0.15) is 26.7 Å². The molecule has 21 heavy (non-hydrogen) atoms. The van der Waals surface area contributed by atoms with E-state index >= 15 is 0 Å². The fourth-order valence-corrected chi connectivity index (χ4v) is 1.83. The Bertz CT molecular complexity index is 326. The van der Waals surface area contributed by atoms with Crippen molar-refractivity contribution in [1.82, 2.24) is 4.84 Å². The minimum Gasteiger partial charge on any atom is -1.00 e. The first-order valence-electron chi connectivity index (χ1n) is 6.44. The lowest BCUT2D eigenvalue weighted by Gasteiger charge is -2.24. The number of halogens is 2. The van der Waals surface area contributed by atoms with E-state index in [4.69, 9.17) is 21.2 Å². The Morgan fingerprint density at radius 3 is 2.33 bits per heavy atom. The molecule has 7 nitrogen and oxygen atoms in total. The zero-order valence-corrected chi connectivity index (χ0v) is 15.7. The summed E-state index contributed by atoms with van der Waals surface area (Å²) in [4.78, 5) is 16.7. The van der Waals surface area contributed by atoms with Gasteiger partial charge in [-0.15, -0.1) is 4.67 Å². The second kappa shape index (κ2) is 10.4. The van der Waals surface area contributed by atoms with E-state index in [1.54, 1.807) is 0 Å². The molecular weight excluding hydrogens is 342 g/mol. The molecule has 0 aliphatic heterocycles. The summed E-state index contributed by atoms with van der Waals surface area (Å²) in [5, 5.41) is 0. The van der Waals surface area contributed by atoms with Crippen LogP contribution in [0.2, 0.25) is 0 Å². The predicted octanol–water partition coefficient (Wildman–Crippen LogP) is -0.936. The highest BCUT2D eigenvalue weighted by Crippen LogP contribution is 2.43. The second-order valence-corrected chi connectivity index (χ2v) is 7.83. The van der Waals surface area contributed by atoms with Crippen LogP contribution in [0.3, 0.4) is 0 Å². The molecule has 0 aromatic heterocycles. The highest BCUT2D eigenvalue weighted by Gasteiger charge is 2.24. The van der Waals surface area contributed by atoms with E-state index in [1.807, 2.05) is 35.0 Å². The fourth-order valence-electron chi connectivity index (χ4n) is 1.18. The Morgan fingerprint density at radius 1 is 1.29 bits per heavy atom. The maximum atomic E-state index is 11.5. The molecule has 0 saturated carbocycles. The minimum atomic E-state index is -4.14. The van der Waals surface area contributed by atoms with Crippen molar-refractivity contribution in [2.24, 2.45) is 0 Å². The molecule has 0 saturated heterocycles. The first-order valence-corrected chi connectivity index (χ1v) is 8.32. The number of nitrogens with zero attached hydrogens (tertiary/aromatic N) is 1. The van der Waals surface area contributed by atoms with Crippen molar-refractivity contribution in [3.63, 3.8) is 0 Å². The molecule has 130 valence electrons. The van der Waals surface area contributed by atoms with Crippen molar-refractivity contribution in [3.8, 4) is 0 Å². The molecular formula is C11H27Cl2N2O5P. The lowest BCUT2D eigenvalue weighted by Crippen LogP contribution is -3.00. The summed E-state index contributed by atoms with van der Waals surface area (Å²) in [5.74, 6) is 0. The van der Waals surface area contributed by atoms with Gasteiger partial charge in [0.25, 0.3) is 0 Å². The summed E-state index contributed by atoms with van der Waals surface area (Å²) in [6.07, 6.45) is 1.36. The summed E-state index contributed by atoms with van der Waals surface area (Å²) in [5.41, 5.74) is -0.227. The average molecular weight is 369 g/mol. The van der Waals surface area contributed by atoms with Crippen molar-refractivity contribution >= 4 is 19.6 Å². The SMILES string of the molecule is CC(C)(CCCOOP(=O)(O)OCC[N+](C)(C)C)NCl.[Cl-]. The maximum Gasteiger partial charge on any atom is 0.499 e. The van der Waals surface area contributed by atoms with Crippen molar-refractivity contribution < 1.29 is 40.4 Å². The van der Waals surface area contributed by atoms with Crippen molar-refractivity contribution in [1.29, 1.82) is 0 Å². The molecule has 1 atom stereocenters. The number of quaternary nitrogens is 1. The third-order valence-corrected chi connectivity index (χ3v) is 3.76. The van der Waals surface area contributed by atoms with Crippen LogP contribution in [0.4, 0.5) is 0 Å². The molecule has 0 aliphatic rings. The van der Waals surface area contributed by atoms with Crippen molar-refractivity contribution in [2.45, 2.75) is 32.2 Å². The molecule has 0 amide bonds. The first-order chi connectivity index (χ1) is 8.97. The Balaban J connectivity index is 0. The molecule has 0 bridgehead atoms. The molecule has 0 heterocycles. The standard InChI is InChI=1S/C11H26ClN2O5P.ClH/c1-11(2,13-12)7-6-9-17-19-20(15,16)18-10-8-14(3,4)5;/h13H,6-10H2,1-5H3;1H. The van der Waals surface area contributed by atoms with Gasteiger partial charge in [0.15, 0.2) is 0 Å². The molecule has 0 rings (SSSR count). The van der Waals surface area contributed by atoms with Crippen LogP contribution >= 0.6 is 19.6 Å². The van der Waals surface area contributed by atoms with Gasteiger partial charge in [-0.1, -0.05) is 0 Å². The number of phosphoric acid groups is 1. The molecule has 0 aromatic carbocycles. The number of hydrogen-bond acceptors (Lipinski definition) is 5. The van der Waals surface area contributed by atoms with Gasteiger partial charge in [0.05, 0.1) is 27.7 Å². The van der Waals surface area contributed by atoms with Crippen LogP contribution in [0.25, 0.3) is 0 Å². The van der Waals surface area contributed by atoms with Crippen LogP contribution in [-0.4, -0.2) is 55.8 Å². The lowest BCUT2D eigenvalue weighted by atomic mass is 10.0. The van der Waals surface area contributed by atoms with Gasteiger partial charge in [0.2, 0.25) is 0 Å². The Labute approximate surface area is 138 Å². The normalized spacial score (nSPS) is 15.4. The van der Waals surface area contributed by atoms with Crippen LogP contribution < -0.4 is 17.2 Å². The van der Waals surface area contributed by atoms with Crippen LogP contribution in [0.5, 0.6) is 0 Å². The predicted molar refractivity (Wildman–Crippen MR) is 78.0 cm³/mol. The topological polar surface area (TPSA) is 77.0 Å². The van der Waals surface area contributed by atoms with Gasteiger partial charge in [0.1, 0.15) is 13.2 Å². The van der Waals surface area contributed by atoms with Crippen molar-refractivity contribution in [3.05, 3.63) is 0 Å². The van der Waals surface area contributed by atoms with E-state index < -0.39 is 7.82 Å². The highest BCUT2D eigenvalue weighted by molar-refractivity contribution is 7.47. The molecule has 1 unspecified atom stereocenters. The molecule has 10 heteroatoms. The molecule has 0 spiro atoms. The van der Waals surface area contributed by atoms with E-state index in [-0.39, 0.29) is 31.2 Å². The summed E-state index contributed by atoms with van der Waals surface area (Å²) in [6, 6.07) is 0. The molecule has 0 radical (unpaired) electrons. The quantitative estimate of drug-likeness (QED) is 0.122. The summed E-state index contributed by atoms with van der Waals surface area (Å²) in [6.45, 7) is 4.76.